The Hall–Kier alpha value is -3.36. The zero-order valence-corrected chi connectivity index (χ0v) is 19.5. The number of hydrogen-bond acceptors (Lipinski definition) is 4. The number of carbonyl (C=O) groups is 1. The first kappa shape index (κ1) is 21.5. The fourth-order valence-electron chi connectivity index (χ4n) is 5.02. The van der Waals surface area contributed by atoms with Crippen LogP contribution in [0.25, 0.3) is 10.9 Å². The molecule has 0 saturated carbocycles. The predicted octanol–water partition coefficient (Wildman–Crippen LogP) is 5.02. The van der Waals surface area contributed by atoms with Crippen LogP contribution in [0.15, 0.2) is 30.3 Å². The lowest BCUT2D eigenvalue weighted by atomic mass is 9.70. The number of rotatable bonds is 3. The summed E-state index contributed by atoms with van der Waals surface area (Å²) in [5.41, 5.74) is 6.79. The van der Waals surface area contributed by atoms with Gasteiger partial charge in [-0.15, -0.1) is 0 Å². The molecule has 33 heavy (non-hydrogen) atoms. The van der Waals surface area contributed by atoms with Gasteiger partial charge in [-0.1, -0.05) is 44.7 Å². The third-order valence-electron chi connectivity index (χ3n) is 6.85. The Bertz CT molecular complexity index is 1330. The number of aromatic nitrogens is 1. The maximum Gasteiger partial charge on any atom is 0.195 e. The number of anilines is 1. The van der Waals surface area contributed by atoms with Crippen molar-refractivity contribution in [3.63, 3.8) is 0 Å². The summed E-state index contributed by atoms with van der Waals surface area (Å²) in [5, 5.41) is 8.50. The van der Waals surface area contributed by atoms with E-state index in [1.807, 2.05) is 24.3 Å². The van der Waals surface area contributed by atoms with E-state index in [9.17, 15) is 4.79 Å². The maximum absolute atomic E-state index is 13.8. The third kappa shape index (κ3) is 3.46. The van der Waals surface area contributed by atoms with Crippen molar-refractivity contribution in [1.82, 2.24) is 4.98 Å². The number of hydrogen-bond donors (Lipinski definition) is 2. The number of nitrogens with zero attached hydrogens (tertiary/aromatic N) is 1. The van der Waals surface area contributed by atoms with Crippen LogP contribution in [0.2, 0.25) is 0 Å². The molecule has 3 aromatic rings. The molecule has 5 rings (SSSR count). The molecule has 0 unspecified atom stereocenters. The molecule has 0 spiro atoms. The first-order valence-electron chi connectivity index (χ1n) is 11.7. The number of carbonyl (C=O) groups excluding carboxylic acids is 1. The second kappa shape index (κ2) is 8.20. The maximum atomic E-state index is 13.8. The van der Waals surface area contributed by atoms with Crippen LogP contribution in [-0.2, 0) is 10.2 Å². The molecule has 2 aromatic carbocycles. The minimum absolute atomic E-state index is 0.0419. The highest BCUT2D eigenvalue weighted by molar-refractivity contribution is 6.20. The van der Waals surface area contributed by atoms with E-state index >= 15 is 0 Å². The SMILES string of the molecule is CCCC#Cc1cc2c(cc1N1CCOCC1)C(C)(C)c1[nH]c3cc(C=N)ccc3c1C2=O. The summed E-state index contributed by atoms with van der Waals surface area (Å²) in [4.78, 5) is 19.7. The van der Waals surface area contributed by atoms with Crippen molar-refractivity contribution in [2.45, 2.75) is 39.0 Å². The average molecular weight is 440 g/mol. The quantitative estimate of drug-likeness (QED) is 0.445. The highest BCUT2D eigenvalue weighted by atomic mass is 16.5. The summed E-state index contributed by atoms with van der Waals surface area (Å²) in [5.74, 6) is 6.69. The first-order chi connectivity index (χ1) is 16.0. The lowest BCUT2D eigenvalue weighted by molar-refractivity contribution is 0.103. The highest BCUT2D eigenvalue weighted by Crippen LogP contribution is 2.45. The second-order valence-electron chi connectivity index (χ2n) is 9.34. The van der Waals surface area contributed by atoms with Crippen LogP contribution in [0.3, 0.4) is 0 Å². The standard InChI is InChI=1S/C28H29N3O2/c1-4-5-6-7-19-15-21-22(16-24(19)31-10-12-33-13-11-31)28(2,3)27-25(26(21)32)20-9-8-18(17-29)14-23(20)30-27/h8-9,14-17,29-30H,4-5,10-13H2,1-3H3. The number of nitrogens with one attached hydrogen (secondary N) is 2. The first-order valence-corrected chi connectivity index (χ1v) is 11.7. The van der Waals surface area contributed by atoms with Crippen LogP contribution in [0.5, 0.6) is 0 Å². The molecule has 0 bridgehead atoms. The van der Waals surface area contributed by atoms with Crippen molar-refractivity contribution >= 4 is 28.6 Å². The number of ketones is 1. The van der Waals surface area contributed by atoms with Crippen molar-refractivity contribution < 1.29 is 9.53 Å². The van der Waals surface area contributed by atoms with Gasteiger partial charge in [0.25, 0.3) is 0 Å². The number of aromatic amines is 1. The summed E-state index contributed by atoms with van der Waals surface area (Å²) in [6, 6.07) is 9.98. The summed E-state index contributed by atoms with van der Waals surface area (Å²) in [6.45, 7) is 9.51. The number of fused-ring (bicyclic) bond motifs is 4. The van der Waals surface area contributed by atoms with Crippen LogP contribution in [0.1, 0.15) is 71.9 Å². The molecule has 5 nitrogen and oxygen atoms in total. The summed E-state index contributed by atoms with van der Waals surface area (Å²) < 4.78 is 5.58. The molecule has 2 aliphatic rings. The van der Waals surface area contributed by atoms with E-state index in [2.05, 4.69) is 48.6 Å². The lowest BCUT2D eigenvalue weighted by Gasteiger charge is -2.35. The van der Waals surface area contributed by atoms with Gasteiger partial charge in [0.2, 0.25) is 0 Å². The molecule has 1 aliphatic heterocycles. The van der Waals surface area contributed by atoms with Crippen molar-refractivity contribution in [2.75, 3.05) is 31.2 Å². The number of H-pyrrole nitrogens is 1. The average Bonchev–Trinajstić information content (AvgIpc) is 3.23. The number of unbranched alkanes of at least 4 members (excludes halogenated alkanes) is 1. The summed E-state index contributed by atoms with van der Waals surface area (Å²) in [7, 11) is 0. The fourth-order valence-corrected chi connectivity index (χ4v) is 5.02. The number of morpholine rings is 1. The normalized spacial score (nSPS) is 16.7. The van der Waals surface area contributed by atoms with Gasteiger partial charge in [-0.05, 0) is 35.7 Å². The Morgan fingerprint density at radius 1 is 1.21 bits per heavy atom. The Labute approximate surface area is 194 Å². The fraction of sp³-hybridized carbons (Fsp3) is 0.357. The molecule has 0 amide bonds. The van der Waals surface area contributed by atoms with E-state index < -0.39 is 0 Å². The van der Waals surface area contributed by atoms with Crippen molar-refractivity contribution in [2.24, 2.45) is 0 Å². The van der Waals surface area contributed by atoms with Gasteiger partial charge in [-0.2, -0.15) is 0 Å². The Kier molecular flexibility index (Phi) is 5.34. The van der Waals surface area contributed by atoms with E-state index in [0.717, 1.165) is 76.0 Å². The van der Waals surface area contributed by atoms with Gasteiger partial charge in [-0.3, -0.25) is 4.79 Å². The Morgan fingerprint density at radius 3 is 2.73 bits per heavy atom. The summed E-state index contributed by atoms with van der Waals surface area (Å²) >= 11 is 0. The van der Waals surface area contributed by atoms with E-state index in [1.54, 1.807) is 0 Å². The molecule has 1 aromatic heterocycles. The number of benzene rings is 2. The van der Waals surface area contributed by atoms with Gasteiger partial charge in [0.05, 0.1) is 24.5 Å². The third-order valence-corrected chi connectivity index (χ3v) is 6.85. The van der Waals surface area contributed by atoms with E-state index in [-0.39, 0.29) is 11.2 Å². The smallest absolute Gasteiger partial charge is 0.195 e. The molecule has 1 fully saturated rings. The van der Waals surface area contributed by atoms with E-state index in [4.69, 9.17) is 10.1 Å². The van der Waals surface area contributed by atoms with Crippen molar-refractivity contribution in [1.29, 1.82) is 5.41 Å². The van der Waals surface area contributed by atoms with Gasteiger partial charge in [0.1, 0.15) is 0 Å². The van der Waals surface area contributed by atoms with Crippen molar-refractivity contribution in [3.05, 3.63) is 63.8 Å². The molecule has 5 heteroatoms. The Morgan fingerprint density at radius 2 is 2.00 bits per heavy atom. The largest absolute Gasteiger partial charge is 0.378 e. The molecular formula is C28H29N3O2. The van der Waals surface area contributed by atoms with Crippen molar-refractivity contribution in [3.8, 4) is 11.8 Å². The topological polar surface area (TPSA) is 69.2 Å². The minimum atomic E-state index is -0.376. The van der Waals surface area contributed by atoms with Gasteiger partial charge >= 0.3 is 0 Å². The van der Waals surface area contributed by atoms with Gasteiger partial charge in [0.15, 0.2) is 5.78 Å². The number of ether oxygens (including phenoxy) is 1. The summed E-state index contributed by atoms with van der Waals surface area (Å²) in [6.07, 6.45) is 3.17. The zero-order valence-electron chi connectivity index (χ0n) is 19.5. The van der Waals surface area contributed by atoms with Gasteiger partial charge < -0.3 is 20.0 Å². The lowest BCUT2D eigenvalue weighted by Crippen LogP contribution is -2.37. The monoisotopic (exact) mass is 439 g/mol. The molecule has 2 heterocycles. The predicted molar refractivity (Wildman–Crippen MR) is 133 cm³/mol. The molecular weight excluding hydrogens is 410 g/mol. The van der Waals surface area contributed by atoms with Gasteiger partial charge in [0, 0.05) is 58.9 Å². The van der Waals surface area contributed by atoms with Gasteiger partial charge in [-0.25, -0.2) is 0 Å². The van der Waals surface area contributed by atoms with E-state index in [1.165, 1.54) is 6.21 Å². The minimum Gasteiger partial charge on any atom is -0.378 e. The van der Waals surface area contributed by atoms with Crippen LogP contribution in [0.4, 0.5) is 5.69 Å². The molecule has 0 radical (unpaired) electrons. The van der Waals surface area contributed by atoms with Crippen LogP contribution < -0.4 is 4.90 Å². The highest BCUT2D eigenvalue weighted by Gasteiger charge is 2.40. The second-order valence-corrected chi connectivity index (χ2v) is 9.34. The zero-order chi connectivity index (χ0) is 23.2. The Balaban J connectivity index is 1.72. The molecule has 2 N–H and O–H groups in total. The van der Waals surface area contributed by atoms with Crippen LogP contribution in [-0.4, -0.2) is 43.3 Å². The van der Waals surface area contributed by atoms with Crippen LogP contribution in [0, 0.1) is 17.3 Å². The van der Waals surface area contributed by atoms with Crippen LogP contribution >= 0.6 is 0 Å². The molecule has 1 aliphatic carbocycles. The molecule has 168 valence electrons. The molecule has 0 atom stereocenters. The molecule has 1 saturated heterocycles. The van der Waals surface area contributed by atoms with E-state index in [0.29, 0.717) is 13.2 Å².